The average Bonchev–Trinajstić information content (AvgIpc) is 3.27. The van der Waals surface area contributed by atoms with Crippen molar-refractivity contribution in [2.75, 3.05) is 0 Å². The predicted molar refractivity (Wildman–Crippen MR) is 131 cm³/mol. The topological polar surface area (TPSA) is 43.4 Å². The molecule has 0 fully saturated rings. The van der Waals surface area contributed by atoms with Gasteiger partial charge in [0.2, 0.25) is 11.7 Å². The van der Waals surface area contributed by atoms with E-state index in [0.717, 1.165) is 24.1 Å². The molecule has 1 N–H and O–H groups in total. The zero-order chi connectivity index (χ0) is 22.8. The minimum absolute atomic E-state index is 0.0799. The first kappa shape index (κ1) is 21.5. The first-order valence-corrected chi connectivity index (χ1v) is 11.5. The Kier molecular flexibility index (Phi) is 6.03. The van der Waals surface area contributed by atoms with Crippen LogP contribution >= 0.6 is 11.6 Å². The quantitative estimate of drug-likeness (QED) is 0.376. The zero-order valence-electron chi connectivity index (χ0n) is 18.8. The van der Waals surface area contributed by atoms with Gasteiger partial charge in [-0.05, 0) is 54.7 Å². The van der Waals surface area contributed by atoms with Crippen LogP contribution < -0.4 is 4.90 Å². The van der Waals surface area contributed by atoms with E-state index in [-0.39, 0.29) is 5.92 Å². The van der Waals surface area contributed by atoms with E-state index in [4.69, 9.17) is 21.1 Å². The largest absolute Gasteiger partial charge is 0.421 e. The van der Waals surface area contributed by atoms with Gasteiger partial charge in [0.1, 0.15) is 0 Å². The highest BCUT2D eigenvalue weighted by molar-refractivity contribution is 6.30. The molecule has 0 aliphatic carbocycles. The minimum Gasteiger partial charge on any atom is -0.421 e. The second-order valence-corrected chi connectivity index (χ2v) is 9.10. The maximum absolute atomic E-state index is 6.32. The smallest absolute Gasteiger partial charge is 0.234 e. The number of nitrogens with zero attached hydrogens (tertiary/aromatic N) is 2. The van der Waals surface area contributed by atoms with Crippen molar-refractivity contribution in [1.29, 1.82) is 0 Å². The molecule has 2 heterocycles. The second kappa shape index (κ2) is 9.26. The van der Waals surface area contributed by atoms with Gasteiger partial charge in [-0.3, -0.25) is 0 Å². The van der Waals surface area contributed by atoms with Crippen LogP contribution in [0.1, 0.15) is 39.6 Å². The Morgan fingerprint density at radius 2 is 1.76 bits per heavy atom. The van der Waals surface area contributed by atoms with Crippen LogP contribution in [0, 0.1) is 20.4 Å². The third kappa shape index (κ3) is 4.87. The number of hydrogen-bond donors (Lipinski definition) is 1. The molecule has 0 radical (unpaired) electrons. The van der Waals surface area contributed by atoms with Gasteiger partial charge in [-0.1, -0.05) is 84.1 Å². The van der Waals surface area contributed by atoms with Crippen LogP contribution in [-0.2, 0) is 13.0 Å². The van der Waals surface area contributed by atoms with Crippen molar-refractivity contribution < 1.29 is 9.42 Å². The number of quaternary nitrogens is 1. The average molecular weight is 456 g/mol. The zero-order valence-corrected chi connectivity index (χ0v) is 19.5. The van der Waals surface area contributed by atoms with Gasteiger partial charge in [0, 0.05) is 16.1 Å². The molecule has 2 atom stereocenters. The summed E-state index contributed by atoms with van der Waals surface area (Å²) < 4.78 is 5.80. The Balaban J connectivity index is 1.43. The lowest BCUT2D eigenvalue weighted by Crippen LogP contribution is -3.06. The van der Waals surface area contributed by atoms with Crippen molar-refractivity contribution in [3.8, 4) is 11.4 Å². The normalized spacial score (nSPS) is 15.7. The number of nitrogens with one attached hydrogen (secondary N) is 1. The van der Waals surface area contributed by atoms with E-state index in [0.29, 0.717) is 16.7 Å². The fraction of sp³-hybridized carbons (Fsp3) is 0.179. The molecule has 0 saturated carbocycles. The van der Waals surface area contributed by atoms with Crippen LogP contribution in [0.15, 0.2) is 83.5 Å². The summed E-state index contributed by atoms with van der Waals surface area (Å²) in [5.41, 5.74) is 7.06. The van der Waals surface area contributed by atoms with Crippen molar-refractivity contribution >= 4 is 11.6 Å². The van der Waals surface area contributed by atoms with Crippen molar-refractivity contribution in [3.05, 3.63) is 124 Å². The molecule has 0 spiro atoms. The maximum Gasteiger partial charge on any atom is 0.234 e. The molecule has 0 amide bonds. The van der Waals surface area contributed by atoms with Crippen molar-refractivity contribution in [1.82, 2.24) is 10.1 Å². The third-order valence-electron chi connectivity index (χ3n) is 6.24. The van der Waals surface area contributed by atoms with Gasteiger partial charge in [-0.2, -0.15) is 4.98 Å². The molecule has 1 aromatic heterocycles. The summed E-state index contributed by atoms with van der Waals surface area (Å²) in [7, 11) is 0. The second-order valence-electron chi connectivity index (χ2n) is 8.66. The molecule has 0 bridgehead atoms. The summed E-state index contributed by atoms with van der Waals surface area (Å²) in [6, 6.07) is 22.8. The molecule has 5 rings (SSSR count). The first-order chi connectivity index (χ1) is 16.0. The number of benzene rings is 3. The van der Waals surface area contributed by atoms with Gasteiger partial charge < -0.3 is 9.42 Å². The Morgan fingerprint density at radius 1 is 0.970 bits per heavy atom. The van der Waals surface area contributed by atoms with E-state index in [2.05, 4.69) is 86.4 Å². The summed E-state index contributed by atoms with van der Waals surface area (Å²) in [6.45, 7) is 7.36. The summed E-state index contributed by atoms with van der Waals surface area (Å²) in [6.07, 6.45) is 4.97. The van der Waals surface area contributed by atoms with Crippen molar-refractivity contribution in [2.24, 2.45) is 0 Å². The van der Waals surface area contributed by atoms with Gasteiger partial charge in [-0.25, -0.2) is 0 Å². The van der Waals surface area contributed by atoms with E-state index in [1.54, 1.807) is 0 Å². The van der Waals surface area contributed by atoms with Crippen molar-refractivity contribution in [3.63, 3.8) is 0 Å². The van der Waals surface area contributed by atoms with E-state index in [1.165, 1.54) is 27.2 Å². The van der Waals surface area contributed by atoms with Gasteiger partial charge in [0.15, 0.2) is 0 Å². The van der Waals surface area contributed by atoms with Crippen LogP contribution in [0.5, 0.6) is 0 Å². The Hall–Kier alpha value is -3.34. The lowest BCUT2D eigenvalue weighted by atomic mass is 9.90. The molecule has 1 aliphatic heterocycles. The summed E-state index contributed by atoms with van der Waals surface area (Å²) in [4.78, 5) is 6.15. The molecule has 4 nitrogen and oxygen atoms in total. The lowest BCUT2D eigenvalue weighted by Gasteiger charge is -2.29. The summed E-state index contributed by atoms with van der Waals surface area (Å²) >= 11 is 6.32. The standard InChI is InChI=1S/C28H26ClN3O/c1-19-7-8-22(15-20(19)2)16-26(24-5-3-6-25(29)17-24)28-30-27(31-33-28)23-11-9-21(10-12-23)18-32-13-4-14-32/h3-15,17,26,32H,16,18H2,1-2H3. The van der Waals surface area contributed by atoms with Gasteiger partial charge >= 0.3 is 0 Å². The van der Waals surface area contributed by atoms with E-state index < -0.39 is 0 Å². The van der Waals surface area contributed by atoms with Gasteiger partial charge in [0.25, 0.3) is 0 Å². The summed E-state index contributed by atoms with van der Waals surface area (Å²) in [5.74, 6) is 1.12. The van der Waals surface area contributed by atoms with Crippen LogP contribution in [0.4, 0.5) is 0 Å². The molecule has 3 aromatic carbocycles. The predicted octanol–water partition coefficient (Wildman–Crippen LogP) is 5.46. The summed E-state index contributed by atoms with van der Waals surface area (Å²) in [5, 5.41) is 5.00. The molecule has 33 heavy (non-hydrogen) atoms. The van der Waals surface area contributed by atoms with Crippen LogP contribution in [0.25, 0.3) is 11.4 Å². The lowest BCUT2D eigenvalue weighted by molar-refractivity contribution is -0.840. The maximum atomic E-state index is 6.32. The van der Waals surface area contributed by atoms with E-state index in [9.17, 15) is 0 Å². The fourth-order valence-electron chi connectivity index (χ4n) is 4.09. The Labute approximate surface area is 199 Å². The number of aryl methyl sites for hydroxylation is 2. The SMILES string of the molecule is Cc1ccc(CC(c2cccc(Cl)c2)c2nc(-c3ccc(C[NH+]4C=C[CH-]4)cc3)no2)cc1C. The number of rotatable bonds is 7. The number of hydrogen-bond acceptors (Lipinski definition) is 3. The van der Waals surface area contributed by atoms with E-state index >= 15 is 0 Å². The highest BCUT2D eigenvalue weighted by Crippen LogP contribution is 2.31. The monoisotopic (exact) mass is 455 g/mol. The molecule has 2 unspecified atom stereocenters. The van der Waals surface area contributed by atoms with Crippen molar-refractivity contribution in [2.45, 2.75) is 32.7 Å². The number of halogens is 1. The minimum atomic E-state index is -0.0799. The van der Waals surface area contributed by atoms with Gasteiger partial charge in [-0.15, -0.1) is 6.08 Å². The molecule has 166 valence electrons. The third-order valence-corrected chi connectivity index (χ3v) is 6.48. The van der Waals surface area contributed by atoms with Crippen LogP contribution in [0.2, 0.25) is 5.02 Å². The fourth-order valence-corrected chi connectivity index (χ4v) is 4.29. The highest BCUT2D eigenvalue weighted by Gasteiger charge is 2.23. The molecule has 0 saturated heterocycles. The molecular weight excluding hydrogens is 430 g/mol. The molecule has 4 aromatic rings. The Morgan fingerprint density at radius 3 is 2.45 bits per heavy atom. The Bertz CT molecular complexity index is 1290. The molecule has 5 heteroatoms. The first-order valence-electron chi connectivity index (χ1n) is 11.2. The van der Waals surface area contributed by atoms with Crippen LogP contribution in [0.3, 0.4) is 0 Å². The molecule has 1 aliphatic rings. The highest BCUT2D eigenvalue weighted by atomic mass is 35.5. The van der Waals surface area contributed by atoms with Crippen LogP contribution in [-0.4, -0.2) is 10.1 Å². The number of aromatic nitrogens is 2. The van der Waals surface area contributed by atoms with E-state index in [1.807, 2.05) is 18.2 Å². The van der Waals surface area contributed by atoms with Gasteiger partial charge in [0.05, 0.1) is 12.5 Å². The molecular formula is C28H26ClN3O.